The van der Waals surface area contributed by atoms with Gasteiger partial charge in [0.15, 0.2) is 11.5 Å². The predicted octanol–water partition coefficient (Wildman–Crippen LogP) is 1.90. The normalized spacial score (nSPS) is 17.9. The first-order valence-corrected chi connectivity index (χ1v) is 8.21. The number of nitrogens with zero attached hydrogens (tertiary/aromatic N) is 3. The molecule has 9 heteroatoms. The highest BCUT2D eigenvalue weighted by molar-refractivity contribution is 5.90. The van der Waals surface area contributed by atoms with E-state index in [1.165, 1.54) is 7.11 Å². The number of nitrogens with one attached hydrogen (secondary N) is 1. The van der Waals surface area contributed by atoms with E-state index in [9.17, 15) is 4.79 Å². The van der Waals surface area contributed by atoms with Crippen LogP contribution in [-0.2, 0) is 0 Å². The lowest BCUT2D eigenvalue weighted by molar-refractivity contribution is 0.174. The summed E-state index contributed by atoms with van der Waals surface area (Å²) >= 11 is 0. The molecule has 0 radical (unpaired) electrons. The molecular weight excluding hydrogens is 340 g/mol. The van der Waals surface area contributed by atoms with E-state index >= 15 is 0 Å². The van der Waals surface area contributed by atoms with Crippen molar-refractivity contribution < 1.29 is 23.7 Å². The van der Waals surface area contributed by atoms with Crippen LogP contribution < -0.4 is 24.3 Å². The number of methoxy groups -OCH3 is 1. The third-order valence-corrected chi connectivity index (χ3v) is 4.17. The maximum atomic E-state index is 12.4. The minimum atomic E-state index is -0.184. The van der Waals surface area contributed by atoms with Gasteiger partial charge in [0.25, 0.3) is 0 Å². The Morgan fingerprint density at radius 1 is 1.19 bits per heavy atom. The molecule has 4 rings (SSSR count). The maximum absolute atomic E-state index is 12.4. The van der Waals surface area contributed by atoms with Crippen LogP contribution in [0.4, 0.5) is 10.5 Å². The van der Waals surface area contributed by atoms with E-state index in [0.29, 0.717) is 42.0 Å². The number of hydrogen-bond acceptors (Lipinski definition) is 7. The van der Waals surface area contributed by atoms with Crippen molar-refractivity contribution in [3.8, 4) is 23.3 Å². The van der Waals surface area contributed by atoms with Crippen molar-refractivity contribution in [2.24, 2.45) is 0 Å². The Kier molecular flexibility index (Phi) is 4.34. The highest BCUT2D eigenvalue weighted by Gasteiger charge is 2.28. The minimum absolute atomic E-state index is 0.125. The van der Waals surface area contributed by atoms with Gasteiger partial charge in [-0.1, -0.05) is 0 Å². The second kappa shape index (κ2) is 6.95. The second-order valence-corrected chi connectivity index (χ2v) is 5.89. The number of benzene rings is 1. The fourth-order valence-electron chi connectivity index (χ4n) is 2.84. The number of aromatic nitrogens is 2. The quantitative estimate of drug-likeness (QED) is 0.892. The van der Waals surface area contributed by atoms with Gasteiger partial charge in [0.05, 0.1) is 13.7 Å². The third kappa shape index (κ3) is 3.41. The zero-order chi connectivity index (χ0) is 17.9. The zero-order valence-electron chi connectivity index (χ0n) is 14.2. The van der Waals surface area contributed by atoms with Crippen LogP contribution in [0.3, 0.4) is 0 Å². The molecule has 1 unspecified atom stereocenters. The molecule has 136 valence electrons. The number of amides is 2. The summed E-state index contributed by atoms with van der Waals surface area (Å²) in [7, 11) is 1.53. The number of carbonyl (C=O) groups is 1. The molecule has 1 atom stereocenters. The van der Waals surface area contributed by atoms with Crippen molar-refractivity contribution in [2.45, 2.75) is 12.5 Å². The smallest absolute Gasteiger partial charge is 0.321 e. The van der Waals surface area contributed by atoms with Crippen LogP contribution >= 0.6 is 0 Å². The maximum Gasteiger partial charge on any atom is 0.321 e. The summed E-state index contributed by atoms with van der Waals surface area (Å²) in [5.74, 6) is 2.14. The number of carbonyl (C=O) groups excluding carboxylic acids is 1. The van der Waals surface area contributed by atoms with Crippen LogP contribution in [0.2, 0.25) is 0 Å². The molecule has 2 amide bonds. The molecule has 2 aliphatic rings. The van der Waals surface area contributed by atoms with E-state index in [0.717, 1.165) is 6.42 Å². The fourth-order valence-corrected chi connectivity index (χ4v) is 2.84. The second-order valence-electron chi connectivity index (χ2n) is 5.89. The molecule has 0 aliphatic carbocycles. The summed E-state index contributed by atoms with van der Waals surface area (Å²) < 4.78 is 21.3. The minimum Gasteiger partial charge on any atom is -0.480 e. The number of likely N-dealkylation sites (tertiary alicyclic amines) is 1. The molecule has 26 heavy (non-hydrogen) atoms. The van der Waals surface area contributed by atoms with E-state index < -0.39 is 0 Å². The monoisotopic (exact) mass is 358 g/mol. The molecule has 1 saturated heterocycles. The summed E-state index contributed by atoms with van der Waals surface area (Å²) in [6.07, 6.45) is 0.600. The Morgan fingerprint density at radius 3 is 2.81 bits per heavy atom. The fraction of sp³-hybridized carbons (Fsp3) is 0.353. The predicted molar refractivity (Wildman–Crippen MR) is 90.8 cm³/mol. The van der Waals surface area contributed by atoms with Crippen LogP contribution in [0.5, 0.6) is 23.3 Å². The number of fused-ring (bicyclic) bond motifs is 1. The topological polar surface area (TPSA) is 95.0 Å². The molecule has 1 aromatic carbocycles. The van der Waals surface area contributed by atoms with Crippen LogP contribution in [0.25, 0.3) is 0 Å². The van der Waals surface area contributed by atoms with Gasteiger partial charge < -0.3 is 29.2 Å². The molecule has 0 bridgehead atoms. The largest absolute Gasteiger partial charge is 0.480 e. The average Bonchev–Trinajstić information content (AvgIpc) is 3.31. The highest BCUT2D eigenvalue weighted by atomic mass is 16.7. The van der Waals surface area contributed by atoms with Crippen LogP contribution in [0.1, 0.15) is 6.42 Å². The third-order valence-electron chi connectivity index (χ3n) is 4.17. The summed E-state index contributed by atoms with van der Waals surface area (Å²) in [6.45, 7) is 1.28. The summed E-state index contributed by atoms with van der Waals surface area (Å²) in [5.41, 5.74) is 0.657. The van der Waals surface area contributed by atoms with Crippen molar-refractivity contribution >= 4 is 11.7 Å². The van der Waals surface area contributed by atoms with E-state index in [1.54, 1.807) is 35.2 Å². The Labute approximate surface area is 149 Å². The molecular formula is C17H18N4O5. The molecule has 1 fully saturated rings. The lowest BCUT2D eigenvalue weighted by Gasteiger charge is -2.17. The first kappa shape index (κ1) is 16.2. The molecule has 0 saturated carbocycles. The van der Waals surface area contributed by atoms with Crippen molar-refractivity contribution in [1.82, 2.24) is 15.1 Å². The summed E-state index contributed by atoms with van der Waals surface area (Å²) in [5, 5.41) is 10.7. The molecule has 1 N–H and O–H groups in total. The zero-order valence-corrected chi connectivity index (χ0v) is 14.2. The summed E-state index contributed by atoms with van der Waals surface area (Å²) in [6, 6.07) is 8.49. The SMILES string of the molecule is COc1ccc(OC2CCN(C(=O)Nc3ccc4c(c3)OCO4)C2)nn1. The lowest BCUT2D eigenvalue weighted by Crippen LogP contribution is -2.34. The van der Waals surface area contributed by atoms with Crippen molar-refractivity contribution in [3.63, 3.8) is 0 Å². The Bertz CT molecular complexity index is 798. The van der Waals surface area contributed by atoms with Gasteiger partial charge in [0, 0.05) is 36.9 Å². The van der Waals surface area contributed by atoms with Crippen LogP contribution in [-0.4, -0.2) is 54.2 Å². The number of anilines is 1. The van der Waals surface area contributed by atoms with Gasteiger partial charge >= 0.3 is 6.03 Å². The molecule has 3 heterocycles. The van der Waals surface area contributed by atoms with Crippen molar-refractivity contribution in [2.75, 3.05) is 32.3 Å². The van der Waals surface area contributed by atoms with Gasteiger partial charge in [-0.05, 0) is 12.1 Å². The van der Waals surface area contributed by atoms with E-state index in [2.05, 4.69) is 15.5 Å². The standard InChI is InChI=1S/C17H18N4O5/c1-23-15-4-5-16(20-19-15)26-12-6-7-21(9-12)17(22)18-11-2-3-13-14(8-11)25-10-24-13/h2-5,8,12H,6-7,9-10H2,1H3,(H,18,22). The number of hydrogen-bond donors (Lipinski definition) is 1. The van der Waals surface area contributed by atoms with Gasteiger partial charge in [0.2, 0.25) is 18.6 Å². The van der Waals surface area contributed by atoms with Gasteiger partial charge in [-0.15, -0.1) is 10.2 Å². The first-order chi connectivity index (χ1) is 12.7. The Morgan fingerprint density at radius 2 is 2.00 bits per heavy atom. The lowest BCUT2D eigenvalue weighted by atomic mass is 10.3. The van der Waals surface area contributed by atoms with Gasteiger partial charge in [-0.3, -0.25) is 0 Å². The van der Waals surface area contributed by atoms with E-state index in [-0.39, 0.29) is 18.9 Å². The molecule has 9 nitrogen and oxygen atoms in total. The summed E-state index contributed by atoms with van der Waals surface area (Å²) in [4.78, 5) is 14.1. The number of rotatable bonds is 4. The van der Waals surface area contributed by atoms with Crippen LogP contribution in [0.15, 0.2) is 30.3 Å². The van der Waals surface area contributed by atoms with Crippen molar-refractivity contribution in [1.29, 1.82) is 0 Å². The molecule has 1 aromatic heterocycles. The van der Waals surface area contributed by atoms with Crippen molar-refractivity contribution in [3.05, 3.63) is 30.3 Å². The number of ether oxygens (including phenoxy) is 4. The van der Waals surface area contributed by atoms with Gasteiger partial charge in [-0.25, -0.2) is 4.79 Å². The Balaban J connectivity index is 1.32. The first-order valence-electron chi connectivity index (χ1n) is 8.21. The molecule has 2 aliphatic heterocycles. The average molecular weight is 358 g/mol. The van der Waals surface area contributed by atoms with Gasteiger partial charge in [0.1, 0.15) is 6.10 Å². The highest BCUT2D eigenvalue weighted by Crippen LogP contribution is 2.34. The van der Waals surface area contributed by atoms with E-state index in [4.69, 9.17) is 18.9 Å². The van der Waals surface area contributed by atoms with Gasteiger partial charge in [-0.2, -0.15) is 0 Å². The van der Waals surface area contributed by atoms with Crippen LogP contribution in [0, 0.1) is 0 Å². The molecule has 2 aromatic rings. The molecule has 0 spiro atoms. The number of urea groups is 1. The van der Waals surface area contributed by atoms with E-state index in [1.807, 2.05) is 0 Å². The Hall–Kier alpha value is -3.23.